The van der Waals surface area contributed by atoms with Gasteiger partial charge in [-0.05, 0) is 24.3 Å². The normalized spacial score (nSPS) is 10.8. The van der Waals surface area contributed by atoms with Gasteiger partial charge in [0.25, 0.3) is 0 Å². The lowest BCUT2D eigenvalue weighted by Gasteiger charge is -2.04. The van der Waals surface area contributed by atoms with Gasteiger partial charge >= 0.3 is 0 Å². The Bertz CT molecular complexity index is 841. The standard InChI is InChI=1S/C15H13ClN4O/c1-9(21)18-11-5-2-4-10(8-11)13-14(17)20-7-3-6-12(16)15(20)19-13/h2-8H,17H2,1H3,(H,18,21). The molecule has 0 saturated heterocycles. The number of imidazole rings is 1. The first-order chi connectivity index (χ1) is 10.1. The van der Waals surface area contributed by atoms with E-state index < -0.39 is 0 Å². The van der Waals surface area contributed by atoms with Crippen molar-refractivity contribution in [2.75, 3.05) is 11.1 Å². The van der Waals surface area contributed by atoms with Gasteiger partial charge in [0.1, 0.15) is 11.5 Å². The van der Waals surface area contributed by atoms with Gasteiger partial charge in [-0.2, -0.15) is 0 Å². The van der Waals surface area contributed by atoms with Crippen LogP contribution in [0.25, 0.3) is 16.9 Å². The average molecular weight is 301 g/mol. The van der Waals surface area contributed by atoms with Gasteiger partial charge in [0.2, 0.25) is 5.91 Å². The summed E-state index contributed by atoms with van der Waals surface area (Å²) in [6.45, 7) is 1.46. The Morgan fingerprint density at radius 3 is 2.86 bits per heavy atom. The Balaban J connectivity index is 2.14. The molecule has 0 bridgehead atoms. The summed E-state index contributed by atoms with van der Waals surface area (Å²) < 4.78 is 1.74. The molecule has 3 N–H and O–H groups in total. The number of fused-ring (bicyclic) bond motifs is 1. The van der Waals surface area contributed by atoms with Crippen LogP contribution >= 0.6 is 11.6 Å². The van der Waals surface area contributed by atoms with E-state index in [0.717, 1.165) is 5.56 Å². The molecule has 5 nitrogen and oxygen atoms in total. The van der Waals surface area contributed by atoms with Gasteiger partial charge in [0, 0.05) is 24.4 Å². The number of hydrogen-bond acceptors (Lipinski definition) is 3. The van der Waals surface area contributed by atoms with Gasteiger partial charge in [-0.15, -0.1) is 0 Å². The molecule has 0 atom stereocenters. The highest BCUT2D eigenvalue weighted by Crippen LogP contribution is 2.30. The maximum Gasteiger partial charge on any atom is 0.221 e. The maximum atomic E-state index is 11.1. The molecule has 0 saturated carbocycles. The molecule has 0 radical (unpaired) electrons. The number of carbonyl (C=O) groups excluding carboxylic acids is 1. The fourth-order valence-electron chi connectivity index (χ4n) is 2.21. The molecule has 0 aliphatic rings. The van der Waals surface area contributed by atoms with Crippen LogP contribution in [0.4, 0.5) is 11.5 Å². The van der Waals surface area contributed by atoms with Gasteiger partial charge in [-0.1, -0.05) is 23.7 Å². The molecule has 3 aromatic rings. The second kappa shape index (κ2) is 5.10. The van der Waals surface area contributed by atoms with Gasteiger partial charge in [-0.3, -0.25) is 9.20 Å². The van der Waals surface area contributed by atoms with Crippen LogP contribution in [0.1, 0.15) is 6.92 Å². The molecule has 0 unspecified atom stereocenters. The first-order valence-electron chi connectivity index (χ1n) is 6.36. The molecule has 0 aliphatic heterocycles. The highest BCUT2D eigenvalue weighted by molar-refractivity contribution is 6.33. The van der Waals surface area contributed by atoms with Gasteiger partial charge in [0.15, 0.2) is 5.65 Å². The number of nitrogens with two attached hydrogens (primary N) is 1. The van der Waals surface area contributed by atoms with Crippen LogP contribution in [-0.2, 0) is 4.79 Å². The molecule has 0 aliphatic carbocycles. The van der Waals surface area contributed by atoms with Crippen molar-refractivity contribution in [2.24, 2.45) is 0 Å². The molecule has 2 aromatic heterocycles. The highest BCUT2D eigenvalue weighted by atomic mass is 35.5. The number of aromatic nitrogens is 2. The van der Waals surface area contributed by atoms with Crippen molar-refractivity contribution in [3.8, 4) is 11.3 Å². The Labute approximate surface area is 126 Å². The van der Waals surface area contributed by atoms with E-state index in [4.69, 9.17) is 17.3 Å². The summed E-state index contributed by atoms with van der Waals surface area (Å²) >= 11 is 6.13. The monoisotopic (exact) mass is 300 g/mol. The lowest BCUT2D eigenvalue weighted by atomic mass is 10.1. The molecule has 6 heteroatoms. The maximum absolute atomic E-state index is 11.1. The summed E-state index contributed by atoms with van der Waals surface area (Å²) in [7, 11) is 0. The fourth-order valence-corrected chi connectivity index (χ4v) is 2.42. The van der Waals surface area contributed by atoms with Crippen LogP contribution in [0.3, 0.4) is 0 Å². The number of amides is 1. The number of rotatable bonds is 2. The first-order valence-corrected chi connectivity index (χ1v) is 6.74. The predicted molar refractivity (Wildman–Crippen MR) is 84.4 cm³/mol. The van der Waals surface area contributed by atoms with E-state index in [0.29, 0.717) is 27.9 Å². The zero-order valence-corrected chi connectivity index (χ0v) is 12.1. The van der Waals surface area contributed by atoms with Crippen LogP contribution in [0.15, 0.2) is 42.6 Å². The van der Waals surface area contributed by atoms with Crippen molar-refractivity contribution in [2.45, 2.75) is 6.92 Å². The molecular formula is C15H13ClN4O. The summed E-state index contributed by atoms with van der Waals surface area (Å²) in [6.07, 6.45) is 1.81. The average Bonchev–Trinajstić information content (AvgIpc) is 2.78. The minimum atomic E-state index is -0.127. The summed E-state index contributed by atoms with van der Waals surface area (Å²) in [6, 6.07) is 10.9. The van der Waals surface area contributed by atoms with E-state index in [-0.39, 0.29) is 5.91 Å². The van der Waals surface area contributed by atoms with Crippen molar-refractivity contribution < 1.29 is 4.79 Å². The Kier molecular flexibility index (Phi) is 3.27. The fraction of sp³-hybridized carbons (Fsp3) is 0.0667. The van der Waals surface area contributed by atoms with Gasteiger partial charge in [-0.25, -0.2) is 4.98 Å². The second-order valence-corrected chi connectivity index (χ2v) is 5.06. The third kappa shape index (κ3) is 2.43. The molecule has 0 spiro atoms. The molecule has 1 amide bonds. The molecular weight excluding hydrogens is 288 g/mol. The Hall–Kier alpha value is -2.53. The number of hydrogen-bond donors (Lipinski definition) is 2. The minimum Gasteiger partial charge on any atom is -0.383 e. The van der Waals surface area contributed by atoms with Crippen molar-refractivity contribution in [1.82, 2.24) is 9.38 Å². The minimum absolute atomic E-state index is 0.127. The van der Waals surface area contributed by atoms with E-state index in [1.165, 1.54) is 6.92 Å². The molecule has 21 heavy (non-hydrogen) atoms. The largest absolute Gasteiger partial charge is 0.383 e. The third-order valence-electron chi connectivity index (χ3n) is 3.10. The summed E-state index contributed by atoms with van der Waals surface area (Å²) in [5.74, 6) is 0.380. The number of nitrogen functional groups attached to an aromatic ring is 1. The van der Waals surface area contributed by atoms with Crippen LogP contribution in [0.2, 0.25) is 5.02 Å². The molecule has 1 aromatic carbocycles. The predicted octanol–water partition coefficient (Wildman–Crippen LogP) is 3.20. The number of halogens is 1. The van der Waals surface area contributed by atoms with Gasteiger partial charge in [0.05, 0.1) is 5.02 Å². The number of carbonyl (C=O) groups is 1. The van der Waals surface area contributed by atoms with Crippen LogP contribution in [0.5, 0.6) is 0 Å². The molecule has 106 valence electrons. The Morgan fingerprint density at radius 1 is 1.33 bits per heavy atom. The molecule has 3 rings (SSSR count). The molecule has 0 fully saturated rings. The Morgan fingerprint density at radius 2 is 2.14 bits per heavy atom. The lowest BCUT2D eigenvalue weighted by molar-refractivity contribution is -0.114. The van der Waals surface area contributed by atoms with E-state index in [2.05, 4.69) is 10.3 Å². The topological polar surface area (TPSA) is 72.4 Å². The van der Waals surface area contributed by atoms with E-state index >= 15 is 0 Å². The van der Waals surface area contributed by atoms with Crippen molar-refractivity contribution >= 4 is 34.7 Å². The molecule has 2 heterocycles. The number of nitrogens with zero attached hydrogens (tertiary/aromatic N) is 2. The smallest absolute Gasteiger partial charge is 0.221 e. The van der Waals surface area contributed by atoms with Crippen molar-refractivity contribution in [3.05, 3.63) is 47.6 Å². The van der Waals surface area contributed by atoms with Gasteiger partial charge < -0.3 is 11.1 Å². The summed E-state index contributed by atoms with van der Waals surface area (Å²) in [5, 5.41) is 3.27. The SMILES string of the molecule is CC(=O)Nc1cccc(-c2nc3c(Cl)cccn3c2N)c1. The zero-order chi connectivity index (χ0) is 15.0. The van der Waals surface area contributed by atoms with Crippen LogP contribution < -0.4 is 11.1 Å². The van der Waals surface area contributed by atoms with E-state index in [1.807, 2.05) is 36.5 Å². The number of anilines is 2. The third-order valence-corrected chi connectivity index (χ3v) is 3.39. The van der Waals surface area contributed by atoms with E-state index in [1.54, 1.807) is 10.5 Å². The van der Waals surface area contributed by atoms with Crippen molar-refractivity contribution in [3.63, 3.8) is 0 Å². The van der Waals surface area contributed by atoms with Crippen LogP contribution in [-0.4, -0.2) is 15.3 Å². The summed E-state index contributed by atoms with van der Waals surface area (Å²) in [4.78, 5) is 15.6. The number of pyridine rings is 1. The highest BCUT2D eigenvalue weighted by Gasteiger charge is 2.13. The number of nitrogens with one attached hydrogen (secondary N) is 1. The van der Waals surface area contributed by atoms with E-state index in [9.17, 15) is 4.79 Å². The van der Waals surface area contributed by atoms with Crippen molar-refractivity contribution in [1.29, 1.82) is 0 Å². The van der Waals surface area contributed by atoms with Crippen LogP contribution in [0, 0.1) is 0 Å². The number of benzene rings is 1. The second-order valence-electron chi connectivity index (χ2n) is 4.66. The summed E-state index contributed by atoms with van der Waals surface area (Å²) in [5.41, 5.74) is 8.90. The quantitative estimate of drug-likeness (QED) is 0.763. The zero-order valence-electron chi connectivity index (χ0n) is 11.3. The first kappa shape index (κ1) is 13.5. The lowest BCUT2D eigenvalue weighted by Crippen LogP contribution is -2.05.